The second-order valence-electron chi connectivity index (χ2n) is 13.4. The summed E-state index contributed by atoms with van der Waals surface area (Å²) in [5.74, 6) is -6.20. The van der Waals surface area contributed by atoms with E-state index in [2.05, 4.69) is 0 Å². The van der Waals surface area contributed by atoms with Crippen molar-refractivity contribution in [2.75, 3.05) is 29.4 Å². The minimum absolute atomic E-state index is 0.182. The molecule has 0 unspecified atom stereocenters. The monoisotopic (exact) mass is 719 g/mol. The van der Waals surface area contributed by atoms with Gasteiger partial charge in [-0.05, 0) is 47.1 Å². The number of alkyl halides is 5. The van der Waals surface area contributed by atoms with Gasteiger partial charge in [-0.25, -0.2) is 22.8 Å². The molecule has 1 aliphatic heterocycles. The van der Waals surface area contributed by atoms with Crippen molar-refractivity contribution in [1.82, 2.24) is 4.90 Å². The van der Waals surface area contributed by atoms with E-state index in [1.54, 1.807) is 30.3 Å². The number of hydrogen-bond donors (Lipinski definition) is 1. The van der Waals surface area contributed by atoms with Crippen LogP contribution in [0.1, 0.15) is 59.1 Å². The van der Waals surface area contributed by atoms with E-state index in [1.165, 1.54) is 41.5 Å². The van der Waals surface area contributed by atoms with E-state index in [0.29, 0.717) is 10.5 Å². The number of amides is 3. The Morgan fingerprint density at radius 1 is 0.980 bits per heavy atom. The molecule has 0 saturated heterocycles. The Bertz CT molecular complexity index is 1560. The molecule has 0 fully saturated rings. The fraction of sp³-hybridized carbons (Fsp3) is 0.515. The summed E-state index contributed by atoms with van der Waals surface area (Å²) in [6.45, 7) is 5.88. The number of esters is 1. The van der Waals surface area contributed by atoms with E-state index >= 15 is 4.39 Å². The molecule has 0 saturated carbocycles. The van der Waals surface area contributed by atoms with Crippen LogP contribution < -0.4 is 14.5 Å². The van der Waals surface area contributed by atoms with Gasteiger partial charge in [0, 0.05) is 37.6 Å². The molecule has 0 aliphatic carbocycles. The summed E-state index contributed by atoms with van der Waals surface area (Å²) < 4.78 is 101. The summed E-state index contributed by atoms with van der Waals surface area (Å²) in [7, 11) is 0. The van der Waals surface area contributed by atoms with E-state index in [1.807, 2.05) is 0 Å². The molecule has 0 spiro atoms. The Hall–Kier alpha value is -4.70. The average Bonchev–Trinajstić information content (AvgIpc) is 3.33. The number of anilines is 2. The second-order valence-corrected chi connectivity index (χ2v) is 13.4. The lowest BCUT2D eigenvalue weighted by Crippen LogP contribution is -2.48. The molecular weight excluding hydrogens is 680 g/mol. The maximum absolute atomic E-state index is 16.7. The zero-order valence-electron chi connectivity index (χ0n) is 28.3. The Morgan fingerprint density at radius 2 is 1.58 bits per heavy atom. The molecule has 11 nitrogen and oxygen atoms in total. The summed E-state index contributed by atoms with van der Waals surface area (Å²) >= 11 is 0. The van der Waals surface area contributed by atoms with Crippen molar-refractivity contribution in [3.63, 3.8) is 0 Å². The van der Waals surface area contributed by atoms with Crippen molar-refractivity contribution in [1.29, 1.82) is 0 Å². The molecule has 3 amide bonds. The smallest absolute Gasteiger partial charge is 0.471 e. The predicted molar refractivity (Wildman–Crippen MR) is 168 cm³/mol. The van der Waals surface area contributed by atoms with Crippen LogP contribution in [0.15, 0.2) is 36.4 Å². The Labute approximate surface area is 284 Å². The van der Waals surface area contributed by atoms with Crippen LogP contribution >= 0.6 is 0 Å². The SMILES string of the molecule is CC(C)(C)OC(=O)CN(C(=O)C(F)(F)F)c1c(OCc2ccccc2)cc2c(c1F)C[C@H](CN(CCC(F)F)C(=O)OC(C)(C)C)N2C(=O)O. The Kier molecular flexibility index (Phi) is 12.3. The lowest BCUT2D eigenvalue weighted by atomic mass is 10.1. The van der Waals surface area contributed by atoms with Crippen molar-refractivity contribution in [3.05, 3.63) is 53.3 Å². The Morgan fingerprint density at radius 3 is 2.10 bits per heavy atom. The van der Waals surface area contributed by atoms with Crippen LogP contribution in [0.4, 0.5) is 47.3 Å². The van der Waals surface area contributed by atoms with Crippen LogP contribution in [0.25, 0.3) is 0 Å². The van der Waals surface area contributed by atoms with Crippen molar-refractivity contribution in [2.45, 2.75) is 90.8 Å². The van der Waals surface area contributed by atoms with Crippen molar-refractivity contribution >= 4 is 35.4 Å². The van der Waals surface area contributed by atoms with Gasteiger partial charge in [-0.15, -0.1) is 0 Å². The summed E-state index contributed by atoms with van der Waals surface area (Å²) in [4.78, 5) is 52.4. The molecular formula is C33H39F6N3O8. The number of hydrogen-bond acceptors (Lipinski definition) is 7. The fourth-order valence-corrected chi connectivity index (χ4v) is 5.08. The van der Waals surface area contributed by atoms with Gasteiger partial charge in [-0.1, -0.05) is 30.3 Å². The summed E-state index contributed by atoms with van der Waals surface area (Å²) in [5.41, 5.74) is -3.82. The molecule has 1 atom stereocenters. The van der Waals surface area contributed by atoms with Crippen molar-refractivity contribution < 1.29 is 64.8 Å². The lowest BCUT2D eigenvalue weighted by molar-refractivity contribution is -0.171. The molecule has 50 heavy (non-hydrogen) atoms. The first-order valence-electron chi connectivity index (χ1n) is 15.4. The van der Waals surface area contributed by atoms with Crippen LogP contribution in [0, 0.1) is 5.82 Å². The first kappa shape index (κ1) is 39.7. The molecule has 0 aromatic heterocycles. The van der Waals surface area contributed by atoms with E-state index in [4.69, 9.17) is 14.2 Å². The topological polar surface area (TPSA) is 126 Å². The number of carbonyl (C=O) groups is 4. The van der Waals surface area contributed by atoms with E-state index in [0.717, 1.165) is 11.0 Å². The number of benzene rings is 2. The third-order valence-electron chi connectivity index (χ3n) is 6.96. The number of rotatable bonds is 11. The number of halogens is 6. The molecule has 1 N–H and O–H groups in total. The summed E-state index contributed by atoms with van der Waals surface area (Å²) in [5, 5.41) is 10.2. The van der Waals surface area contributed by atoms with Crippen molar-refractivity contribution in [3.8, 4) is 5.75 Å². The molecule has 276 valence electrons. The van der Waals surface area contributed by atoms with E-state index in [-0.39, 0.29) is 11.5 Å². The standard InChI is InChI=1S/C33H39F6N3O8/c1-31(2,3)49-25(43)17-41(28(44)33(37,38)39)27-23(48-18-19-10-8-7-9-11-19)15-22-21(26(27)36)14-20(42(22)29(45)46)16-40(13-12-24(34)35)30(47)50-32(4,5)6/h7-11,15,20,24H,12-14,16-18H2,1-6H3,(H,45,46)/t20-/m1/s1. The minimum atomic E-state index is -5.61. The van der Waals surface area contributed by atoms with Gasteiger partial charge in [0.05, 0.1) is 11.7 Å². The van der Waals surface area contributed by atoms with Gasteiger partial charge >= 0.3 is 30.2 Å². The van der Waals surface area contributed by atoms with Crippen LogP contribution in [-0.2, 0) is 32.1 Å². The van der Waals surface area contributed by atoms with Gasteiger partial charge in [0.25, 0.3) is 0 Å². The summed E-state index contributed by atoms with van der Waals surface area (Å²) in [6.07, 6.45) is -12.6. The highest BCUT2D eigenvalue weighted by Gasteiger charge is 2.47. The quantitative estimate of drug-likeness (QED) is 0.196. The van der Waals surface area contributed by atoms with Gasteiger partial charge < -0.3 is 24.2 Å². The maximum Gasteiger partial charge on any atom is 0.471 e. The molecule has 17 heteroatoms. The predicted octanol–water partition coefficient (Wildman–Crippen LogP) is 6.94. The normalized spacial score (nSPS) is 14.7. The maximum atomic E-state index is 16.7. The second kappa shape index (κ2) is 15.5. The van der Waals surface area contributed by atoms with E-state index < -0.39 is 115 Å². The number of fused-ring (bicyclic) bond motifs is 1. The molecule has 0 bridgehead atoms. The van der Waals surface area contributed by atoms with Gasteiger partial charge in [0.2, 0.25) is 6.43 Å². The van der Waals surface area contributed by atoms with Gasteiger partial charge in [0.1, 0.15) is 35.8 Å². The highest BCUT2D eigenvalue weighted by Crippen LogP contribution is 2.45. The summed E-state index contributed by atoms with van der Waals surface area (Å²) in [6, 6.07) is 7.62. The molecule has 1 heterocycles. The number of nitrogens with zero attached hydrogens (tertiary/aromatic N) is 3. The number of carboxylic acid groups (broad SMARTS) is 1. The van der Waals surface area contributed by atoms with Gasteiger partial charge in [-0.3, -0.25) is 19.4 Å². The van der Waals surface area contributed by atoms with Gasteiger partial charge in [0.15, 0.2) is 5.82 Å². The average molecular weight is 720 g/mol. The molecule has 2 aromatic carbocycles. The van der Waals surface area contributed by atoms with Crippen LogP contribution in [0.3, 0.4) is 0 Å². The van der Waals surface area contributed by atoms with Gasteiger partial charge in [-0.2, -0.15) is 13.2 Å². The largest absolute Gasteiger partial charge is 0.487 e. The minimum Gasteiger partial charge on any atom is -0.487 e. The van der Waals surface area contributed by atoms with Crippen LogP contribution in [0.2, 0.25) is 0 Å². The van der Waals surface area contributed by atoms with E-state index in [9.17, 15) is 46.2 Å². The first-order chi connectivity index (χ1) is 23.0. The van der Waals surface area contributed by atoms with Crippen LogP contribution in [-0.4, -0.2) is 83.5 Å². The number of ether oxygens (including phenoxy) is 3. The molecule has 2 aromatic rings. The third kappa shape index (κ3) is 10.6. The fourth-order valence-electron chi connectivity index (χ4n) is 5.08. The highest BCUT2D eigenvalue weighted by atomic mass is 19.4. The van der Waals surface area contributed by atoms with Crippen LogP contribution in [0.5, 0.6) is 5.75 Å². The molecule has 3 rings (SSSR count). The zero-order valence-corrected chi connectivity index (χ0v) is 28.3. The molecule has 1 aliphatic rings. The lowest BCUT2D eigenvalue weighted by Gasteiger charge is -2.31. The van der Waals surface area contributed by atoms with Crippen molar-refractivity contribution in [2.24, 2.45) is 0 Å². The Balaban J connectivity index is 2.19. The zero-order chi connectivity index (χ0) is 37.8. The molecule has 0 radical (unpaired) electrons. The number of carbonyl (C=O) groups excluding carboxylic acids is 3. The first-order valence-corrected chi connectivity index (χ1v) is 15.4. The highest BCUT2D eigenvalue weighted by molar-refractivity contribution is 6.03. The third-order valence-corrected chi connectivity index (χ3v) is 6.96.